The number of nitrogens with one attached hydrogen (secondary N) is 1. The first-order valence-electron chi connectivity index (χ1n) is 7.10. The Morgan fingerprint density at radius 1 is 1.42 bits per heavy atom. The fraction of sp³-hybridized carbons (Fsp3) is 0.714. The summed E-state index contributed by atoms with van der Waals surface area (Å²) in [7, 11) is 4.29. The zero-order valence-corrected chi connectivity index (χ0v) is 12.3. The van der Waals surface area contributed by atoms with Gasteiger partial charge in [0.15, 0.2) is 0 Å². The van der Waals surface area contributed by atoms with Crippen LogP contribution in [-0.4, -0.2) is 55.1 Å². The number of aromatic nitrogens is 2. The molecule has 1 aliphatic heterocycles. The van der Waals surface area contributed by atoms with Crippen molar-refractivity contribution < 1.29 is 0 Å². The van der Waals surface area contributed by atoms with Gasteiger partial charge in [-0.15, -0.1) is 0 Å². The molecule has 106 valence electrons. The number of rotatable bonds is 6. The molecule has 1 aliphatic rings. The second-order valence-corrected chi connectivity index (χ2v) is 5.44. The summed E-state index contributed by atoms with van der Waals surface area (Å²) in [4.78, 5) is 13.6. The van der Waals surface area contributed by atoms with Gasteiger partial charge in [-0.25, -0.2) is 4.98 Å². The number of nitrogens with zero attached hydrogens (tertiary/aromatic N) is 4. The minimum absolute atomic E-state index is 0.748. The highest BCUT2D eigenvalue weighted by Crippen LogP contribution is 2.17. The van der Waals surface area contributed by atoms with Crippen molar-refractivity contribution in [2.24, 2.45) is 5.92 Å². The number of likely N-dealkylation sites (tertiary alicyclic amines) is 1. The highest BCUT2D eigenvalue weighted by molar-refractivity contribution is 5.34. The van der Waals surface area contributed by atoms with E-state index in [2.05, 4.69) is 46.1 Å². The van der Waals surface area contributed by atoms with Gasteiger partial charge in [-0.2, -0.15) is 0 Å². The average Bonchev–Trinajstić information content (AvgIpc) is 2.82. The number of hydrogen-bond donors (Lipinski definition) is 1. The predicted molar refractivity (Wildman–Crippen MR) is 78.3 cm³/mol. The van der Waals surface area contributed by atoms with Gasteiger partial charge < -0.3 is 15.1 Å². The summed E-state index contributed by atoms with van der Waals surface area (Å²) in [5, 5.41) is 3.26. The van der Waals surface area contributed by atoms with Crippen LogP contribution < -0.4 is 10.2 Å². The van der Waals surface area contributed by atoms with Crippen molar-refractivity contribution in [1.82, 2.24) is 20.2 Å². The Bertz CT molecular complexity index is 378. The van der Waals surface area contributed by atoms with Crippen LogP contribution in [0.25, 0.3) is 0 Å². The van der Waals surface area contributed by atoms with E-state index in [1.165, 1.54) is 19.5 Å². The predicted octanol–water partition coefficient (Wildman–Crippen LogP) is 0.974. The Balaban J connectivity index is 1.86. The molecule has 0 spiro atoms. The molecule has 5 nitrogen and oxygen atoms in total. The van der Waals surface area contributed by atoms with Gasteiger partial charge in [-0.3, -0.25) is 4.98 Å². The molecule has 5 heteroatoms. The third kappa shape index (κ3) is 4.14. The Labute approximate surface area is 116 Å². The molecule has 0 saturated carbocycles. The molecule has 1 atom stereocenters. The molecule has 1 aromatic heterocycles. The van der Waals surface area contributed by atoms with Crippen LogP contribution in [-0.2, 0) is 6.54 Å². The van der Waals surface area contributed by atoms with Crippen LogP contribution in [0.5, 0.6) is 0 Å². The van der Waals surface area contributed by atoms with Crippen molar-refractivity contribution in [3.05, 3.63) is 18.1 Å². The molecule has 1 fully saturated rings. The summed E-state index contributed by atoms with van der Waals surface area (Å²) in [5.41, 5.74) is 1.000. The fourth-order valence-corrected chi connectivity index (χ4v) is 2.55. The van der Waals surface area contributed by atoms with E-state index in [4.69, 9.17) is 0 Å². The molecule has 2 heterocycles. The standard InChI is InChI=1S/C14H25N5/c1-4-15-7-13-8-17-14(9-16-13)19(3)11-12-5-6-18(2)10-12/h8-9,12,15H,4-7,10-11H2,1-3H3. The van der Waals surface area contributed by atoms with Crippen molar-refractivity contribution >= 4 is 5.82 Å². The van der Waals surface area contributed by atoms with Gasteiger partial charge in [0.2, 0.25) is 0 Å². The molecule has 1 unspecified atom stereocenters. The minimum atomic E-state index is 0.748. The lowest BCUT2D eigenvalue weighted by molar-refractivity contribution is 0.395. The quantitative estimate of drug-likeness (QED) is 0.828. The third-order valence-corrected chi connectivity index (χ3v) is 3.66. The zero-order valence-electron chi connectivity index (χ0n) is 12.3. The van der Waals surface area contributed by atoms with Crippen molar-refractivity contribution in [3.63, 3.8) is 0 Å². The number of anilines is 1. The summed E-state index contributed by atoms with van der Waals surface area (Å²) in [6.07, 6.45) is 5.04. The van der Waals surface area contributed by atoms with Gasteiger partial charge in [-0.1, -0.05) is 6.92 Å². The molecule has 1 saturated heterocycles. The molecule has 2 rings (SSSR count). The summed E-state index contributed by atoms with van der Waals surface area (Å²) < 4.78 is 0. The van der Waals surface area contributed by atoms with Crippen molar-refractivity contribution in [1.29, 1.82) is 0 Å². The zero-order chi connectivity index (χ0) is 13.7. The van der Waals surface area contributed by atoms with Crippen LogP contribution in [0.3, 0.4) is 0 Å². The lowest BCUT2D eigenvalue weighted by Gasteiger charge is -2.21. The monoisotopic (exact) mass is 263 g/mol. The van der Waals surface area contributed by atoms with Crippen molar-refractivity contribution in [3.8, 4) is 0 Å². The first kappa shape index (κ1) is 14.2. The fourth-order valence-electron chi connectivity index (χ4n) is 2.55. The van der Waals surface area contributed by atoms with E-state index in [0.29, 0.717) is 0 Å². The van der Waals surface area contributed by atoms with Crippen LogP contribution in [0, 0.1) is 5.92 Å². The van der Waals surface area contributed by atoms with Crippen molar-refractivity contribution in [2.75, 3.05) is 45.2 Å². The van der Waals surface area contributed by atoms with E-state index in [1.807, 2.05) is 12.4 Å². The molecule has 0 bridgehead atoms. The molecule has 0 radical (unpaired) electrons. The summed E-state index contributed by atoms with van der Waals surface area (Å²) in [6, 6.07) is 0. The summed E-state index contributed by atoms with van der Waals surface area (Å²) in [6.45, 7) is 7.31. The SMILES string of the molecule is CCNCc1cnc(N(C)CC2CCN(C)C2)cn1. The Morgan fingerprint density at radius 3 is 2.84 bits per heavy atom. The second-order valence-electron chi connectivity index (χ2n) is 5.44. The van der Waals surface area contributed by atoms with Crippen LogP contribution >= 0.6 is 0 Å². The highest BCUT2D eigenvalue weighted by Gasteiger charge is 2.21. The van der Waals surface area contributed by atoms with Crippen LogP contribution in [0.1, 0.15) is 19.0 Å². The van der Waals surface area contributed by atoms with Gasteiger partial charge in [-0.05, 0) is 32.5 Å². The smallest absolute Gasteiger partial charge is 0.146 e. The maximum atomic E-state index is 4.50. The topological polar surface area (TPSA) is 44.3 Å². The molecule has 0 aliphatic carbocycles. The molecule has 1 aromatic rings. The Morgan fingerprint density at radius 2 is 2.26 bits per heavy atom. The van der Waals surface area contributed by atoms with Gasteiger partial charge in [0, 0.05) is 26.7 Å². The van der Waals surface area contributed by atoms with E-state index in [0.717, 1.165) is 37.1 Å². The maximum Gasteiger partial charge on any atom is 0.146 e. The van der Waals surface area contributed by atoms with Crippen LogP contribution in [0.2, 0.25) is 0 Å². The van der Waals surface area contributed by atoms with Gasteiger partial charge in [0.1, 0.15) is 5.82 Å². The molecule has 1 N–H and O–H groups in total. The summed E-state index contributed by atoms with van der Waals surface area (Å²) in [5.74, 6) is 1.72. The first-order chi connectivity index (χ1) is 9.19. The largest absolute Gasteiger partial charge is 0.358 e. The maximum absolute atomic E-state index is 4.50. The lowest BCUT2D eigenvalue weighted by atomic mass is 10.1. The van der Waals surface area contributed by atoms with Gasteiger partial charge in [0.25, 0.3) is 0 Å². The first-order valence-corrected chi connectivity index (χ1v) is 7.10. The van der Waals surface area contributed by atoms with Gasteiger partial charge >= 0.3 is 0 Å². The molecular formula is C14H25N5. The van der Waals surface area contributed by atoms with Crippen LogP contribution in [0.15, 0.2) is 12.4 Å². The summed E-state index contributed by atoms with van der Waals surface area (Å²) >= 11 is 0. The van der Waals surface area contributed by atoms with Gasteiger partial charge in [0.05, 0.1) is 18.1 Å². The van der Waals surface area contributed by atoms with E-state index in [1.54, 1.807) is 0 Å². The lowest BCUT2D eigenvalue weighted by Crippen LogP contribution is -2.28. The van der Waals surface area contributed by atoms with E-state index in [-0.39, 0.29) is 0 Å². The van der Waals surface area contributed by atoms with Crippen molar-refractivity contribution in [2.45, 2.75) is 19.9 Å². The average molecular weight is 263 g/mol. The molecule has 0 amide bonds. The second kappa shape index (κ2) is 6.82. The van der Waals surface area contributed by atoms with E-state index < -0.39 is 0 Å². The Hall–Kier alpha value is -1.20. The van der Waals surface area contributed by atoms with E-state index >= 15 is 0 Å². The molecule has 19 heavy (non-hydrogen) atoms. The molecular weight excluding hydrogens is 238 g/mol. The third-order valence-electron chi connectivity index (χ3n) is 3.66. The highest BCUT2D eigenvalue weighted by atomic mass is 15.2. The normalized spacial score (nSPS) is 19.8. The van der Waals surface area contributed by atoms with E-state index in [9.17, 15) is 0 Å². The van der Waals surface area contributed by atoms with Crippen LogP contribution in [0.4, 0.5) is 5.82 Å². The minimum Gasteiger partial charge on any atom is -0.358 e. The molecule has 0 aromatic carbocycles. The number of hydrogen-bond acceptors (Lipinski definition) is 5. The Kier molecular flexibility index (Phi) is 5.10.